The SMILES string of the molecule is Cn1nc(I)c2cnc(NC3Cc4ccccc4N(C(=O)OC(C)(C)C)C3)nc21. The summed E-state index contributed by atoms with van der Waals surface area (Å²) in [5, 5.41) is 8.68. The van der Waals surface area contributed by atoms with Gasteiger partial charge in [-0.2, -0.15) is 10.1 Å². The lowest BCUT2D eigenvalue weighted by molar-refractivity contribution is 0.0576. The minimum Gasteiger partial charge on any atom is -0.443 e. The molecule has 29 heavy (non-hydrogen) atoms. The van der Waals surface area contributed by atoms with Gasteiger partial charge in [0.2, 0.25) is 5.95 Å². The van der Waals surface area contributed by atoms with Crippen molar-refractivity contribution in [3.05, 3.63) is 39.7 Å². The maximum atomic E-state index is 12.8. The van der Waals surface area contributed by atoms with Crippen LogP contribution in [0.5, 0.6) is 0 Å². The zero-order valence-corrected chi connectivity index (χ0v) is 19.0. The molecule has 152 valence electrons. The molecule has 1 atom stereocenters. The third kappa shape index (κ3) is 4.14. The van der Waals surface area contributed by atoms with Crippen LogP contribution in [0.15, 0.2) is 30.5 Å². The number of hydrogen-bond acceptors (Lipinski definition) is 6. The molecule has 3 aromatic rings. The van der Waals surface area contributed by atoms with Gasteiger partial charge in [-0.25, -0.2) is 14.5 Å². The van der Waals surface area contributed by atoms with Gasteiger partial charge in [0, 0.05) is 19.8 Å². The Hall–Kier alpha value is -2.43. The number of halogens is 1. The lowest BCUT2D eigenvalue weighted by Crippen LogP contribution is -2.47. The Morgan fingerprint density at radius 3 is 2.83 bits per heavy atom. The molecule has 0 saturated carbocycles. The fourth-order valence-electron chi connectivity index (χ4n) is 3.43. The highest BCUT2D eigenvalue weighted by Gasteiger charge is 2.31. The third-order valence-corrected chi connectivity index (χ3v) is 5.43. The molecule has 0 saturated heterocycles. The van der Waals surface area contributed by atoms with Gasteiger partial charge in [0.05, 0.1) is 17.1 Å². The molecule has 1 aliphatic rings. The van der Waals surface area contributed by atoms with E-state index < -0.39 is 5.60 Å². The summed E-state index contributed by atoms with van der Waals surface area (Å²) in [6.07, 6.45) is 2.19. The van der Waals surface area contributed by atoms with E-state index in [-0.39, 0.29) is 12.1 Å². The number of carbonyl (C=O) groups is 1. The summed E-state index contributed by atoms with van der Waals surface area (Å²) >= 11 is 2.18. The molecule has 0 spiro atoms. The third-order valence-electron chi connectivity index (χ3n) is 4.63. The van der Waals surface area contributed by atoms with Crippen LogP contribution >= 0.6 is 22.6 Å². The van der Waals surface area contributed by atoms with E-state index in [1.54, 1.807) is 15.8 Å². The molecule has 0 radical (unpaired) electrons. The van der Waals surface area contributed by atoms with Gasteiger partial charge in [0.1, 0.15) is 9.30 Å². The molecule has 8 nitrogen and oxygen atoms in total. The largest absolute Gasteiger partial charge is 0.443 e. The molecule has 1 N–H and O–H groups in total. The first-order chi connectivity index (χ1) is 13.7. The molecule has 1 aliphatic heterocycles. The second kappa shape index (κ2) is 7.43. The number of aryl methyl sites for hydroxylation is 1. The number of anilines is 2. The van der Waals surface area contributed by atoms with Gasteiger partial charge in [-0.15, -0.1) is 0 Å². The van der Waals surface area contributed by atoms with Crippen LogP contribution in [0.2, 0.25) is 0 Å². The topological polar surface area (TPSA) is 85.2 Å². The summed E-state index contributed by atoms with van der Waals surface area (Å²) in [7, 11) is 1.86. The van der Waals surface area contributed by atoms with Crippen molar-refractivity contribution in [3.63, 3.8) is 0 Å². The van der Waals surface area contributed by atoms with E-state index in [0.717, 1.165) is 32.4 Å². The van der Waals surface area contributed by atoms with Crippen molar-refractivity contribution in [3.8, 4) is 0 Å². The van der Waals surface area contributed by atoms with Crippen LogP contribution in [0, 0.1) is 3.70 Å². The molecule has 3 heterocycles. The van der Waals surface area contributed by atoms with Crippen molar-refractivity contribution in [2.75, 3.05) is 16.8 Å². The van der Waals surface area contributed by atoms with Gasteiger partial charge >= 0.3 is 6.09 Å². The summed E-state index contributed by atoms with van der Waals surface area (Å²) < 4.78 is 8.24. The summed E-state index contributed by atoms with van der Waals surface area (Å²) in [6.45, 7) is 6.08. The summed E-state index contributed by atoms with van der Waals surface area (Å²) in [5.74, 6) is 0.519. The highest BCUT2D eigenvalue weighted by Crippen LogP contribution is 2.29. The van der Waals surface area contributed by atoms with E-state index in [1.807, 2.05) is 52.1 Å². The average molecular weight is 506 g/mol. The maximum absolute atomic E-state index is 12.8. The number of nitrogens with one attached hydrogen (secondary N) is 1. The predicted molar refractivity (Wildman–Crippen MR) is 120 cm³/mol. The van der Waals surface area contributed by atoms with Gasteiger partial charge in [-0.3, -0.25) is 4.90 Å². The van der Waals surface area contributed by atoms with Crippen molar-refractivity contribution >= 4 is 51.4 Å². The number of hydrogen-bond donors (Lipinski definition) is 1. The van der Waals surface area contributed by atoms with Crippen LogP contribution in [0.25, 0.3) is 11.0 Å². The number of fused-ring (bicyclic) bond motifs is 2. The number of rotatable bonds is 2. The number of aromatic nitrogens is 4. The number of carbonyl (C=O) groups excluding carboxylic acids is 1. The van der Waals surface area contributed by atoms with Crippen LogP contribution < -0.4 is 10.2 Å². The summed E-state index contributed by atoms with van der Waals surface area (Å²) in [6, 6.07) is 7.87. The van der Waals surface area contributed by atoms with Crippen LogP contribution in [0.1, 0.15) is 26.3 Å². The summed E-state index contributed by atoms with van der Waals surface area (Å²) in [5.41, 5.74) is 2.18. The number of para-hydroxylation sites is 1. The molecule has 1 unspecified atom stereocenters. The molecule has 1 aromatic carbocycles. The van der Waals surface area contributed by atoms with E-state index in [2.05, 4.69) is 43.0 Å². The molecule has 0 bridgehead atoms. The van der Waals surface area contributed by atoms with Gasteiger partial charge in [-0.05, 0) is 61.4 Å². The Bertz CT molecular complexity index is 1070. The molecule has 4 rings (SSSR count). The molecule has 9 heteroatoms. The Labute approximate surface area is 182 Å². The van der Waals surface area contributed by atoms with Crippen molar-refractivity contribution in [1.82, 2.24) is 19.7 Å². The second-order valence-corrected chi connectivity index (χ2v) is 9.13. The molecule has 0 fully saturated rings. The minimum absolute atomic E-state index is 0.0397. The van der Waals surface area contributed by atoms with Crippen molar-refractivity contribution < 1.29 is 9.53 Å². The van der Waals surface area contributed by atoms with Crippen molar-refractivity contribution in [2.24, 2.45) is 7.05 Å². The van der Waals surface area contributed by atoms with Gasteiger partial charge in [-0.1, -0.05) is 18.2 Å². The Morgan fingerprint density at radius 1 is 1.31 bits per heavy atom. The van der Waals surface area contributed by atoms with Gasteiger partial charge < -0.3 is 10.1 Å². The van der Waals surface area contributed by atoms with Crippen LogP contribution in [-0.4, -0.2) is 44.0 Å². The van der Waals surface area contributed by atoms with E-state index in [0.29, 0.717) is 12.5 Å². The second-order valence-electron chi connectivity index (χ2n) is 8.11. The summed E-state index contributed by atoms with van der Waals surface area (Å²) in [4.78, 5) is 23.6. The Morgan fingerprint density at radius 2 is 2.07 bits per heavy atom. The van der Waals surface area contributed by atoms with Crippen molar-refractivity contribution in [2.45, 2.75) is 38.8 Å². The first-order valence-electron chi connectivity index (χ1n) is 9.41. The fourth-order valence-corrected chi connectivity index (χ4v) is 4.14. The lowest BCUT2D eigenvalue weighted by atomic mass is 9.98. The molecule has 2 aromatic heterocycles. The predicted octanol–water partition coefficient (Wildman–Crippen LogP) is 3.75. The number of nitrogens with zero attached hydrogens (tertiary/aromatic N) is 5. The van der Waals surface area contributed by atoms with Gasteiger partial charge in [0.25, 0.3) is 0 Å². The quantitative estimate of drug-likeness (QED) is 0.534. The number of benzene rings is 1. The first kappa shape index (κ1) is 19.9. The molecule has 0 aliphatic carbocycles. The zero-order chi connectivity index (χ0) is 20.8. The van der Waals surface area contributed by atoms with E-state index in [4.69, 9.17) is 4.74 Å². The highest BCUT2D eigenvalue weighted by molar-refractivity contribution is 14.1. The molecular formula is C20H23IN6O2. The van der Waals surface area contributed by atoms with E-state index in [9.17, 15) is 4.79 Å². The Kier molecular flexibility index (Phi) is 5.09. The van der Waals surface area contributed by atoms with E-state index in [1.165, 1.54) is 0 Å². The lowest BCUT2D eigenvalue weighted by Gasteiger charge is -2.35. The molecular weight excluding hydrogens is 483 g/mol. The average Bonchev–Trinajstić information content (AvgIpc) is 2.93. The fraction of sp³-hybridized carbons (Fsp3) is 0.400. The Balaban J connectivity index is 1.60. The number of amides is 1. The standard InChI is InChI=1S/C20H23IN6O2/c1-20(2,3)29-19(28)27-11-13(9-12-7-5-6-8-15(12)27)23-18-22-10-14-16(21)25-26(4)17(14)24-18/h5-8,10,13H,9,11H2,1-4H3,(H,22,23,24). The van der Waals surface area contributed by atoms with Crippen LogP contribution in [0.3, 0.4) is 0 Å². The van der Waals surface area contributed by atoms with Crippen LogP contribution in [-0.2, 0) is 18.2 Å². The zero-order valence-electron chi connectivity index (χ0n) is 16.8. The van der Waals surface area contributed by atoms with Crippen LogP contribution in [0.4, 0.5) is 16.4 Å². The monoisotopic (exact) mass is 506 g/mol. The normalized spacial score (nSPS) is 16.6. The molecule has 1 amide bonds. The van der Waals surface area contributed by atoms with Crippen molar-refractivity contribution in [1.29, 1.82) is 0 Å². The minimum atomic E-state index is -0.558. The van der Waals surface area contributed by atoms with Gasteiger partial charge in [0.15, 0.2) is 5.65 Å². The smallest absolute Gasteiger partial charge is 0.414 e. The number of ether oxygens (including phenoxy) is 1. The first-order valence-corrected chi connectivity index (χ1v) is 10.5. The van der Waals surface area contributed by atoms with E-state index >= 15 is 0 Å². The highest BCUT2D eigenvalue weighted by atomic mass is 127. The maximum Gasteiger partial charge on any atom is 0.414 e.